The van der Waals surface area contributed by atoms with Gasteiger partial charge >= 0.3 is 5.97 Å². The van der Waals surface area contributed by atoms with Gasteiger partial charge in [-0.1, -0.05) is 13.8 Å². The molecule has 1 saturated heterocycles. The van der Waals surface area contributed by atoms with Gasteiger partial charge in [-0.2, -0.15) is 0 Å². The van der Waals surface area contributed by atoms with Crippen molar-refractivity contribution in [1.29, 1.82) is 0 Å². The average molecular weight is 417 g/mol. The Labute approximate surface area is 180 Å². The number of carbonyl (C=O) groups excluding carboxylic acids is 1. The fraction of sp³-hybridized carbons (Fsp3) is 0.667. The largest absolute Gasteiger partial charge is 0.493 e. The molecule has 1 N–H and O–H groups in total. The molecule has 1 fully saturated rings. The Morgan fingerprint density at radius 2 is 1.90 bits per heavy atom. The number of benzene rings is 1. The highest BCUT2D eigenvalue weighted by molar-refractivity contribution is 5.79. The van der Waals surface area contributed by atoms with Crippen LogP contribution in [0, 0.1) is 25.7 Å². The van der Waals surface area contributed by atoms with Gasteiger partial charge < -0.3 is 14.7 Å². The number of piperazine rings is 1. The zero-order chi connectivity index (χ0) is 21.8. The van der Waals surface area contributed by atoms with Crippen LogP contribution in [-0.2, 0) is 22.4 Å². The van der Waals surface area contributed by atoms with Crippen LogP contribution < -0.4 is 4.74 Å². The standard InChI is InChI=1S/C24H36N2O4/c1-5-12-30-22-13-16(2)20-7-6-19(14-21(20)18(22)4)17(3)24(29)26-10-8-25(9-11-26)15-23(27)28/h13,17,19H,5-12,14-15H2,1-4H3,(H,27,28). The monoisotopic (exact) mass is 416 g/mol. The van der Waals surface area contributed by atoms with Crippen LogP contribution in [0.5, 0.6) is 5.75 Å². The molecule has 1 aromatic carbocycles. The van der Waals surface area contributed by atoms with Gasteiger partial charge in [0.15, 0.2) is 0 Å². The number of carbonyl (C=O) groups is 2. The van der Waals surface area contributed by atoms with Crippen LogP contribution in [0.4, 0.5) is 0 Å². The lowest BCUT2D eigenvalue weighted by Gasteiger charge is -2.38. The lowest BCUT2D eigenvalue weighted by molar-refractivity contribution is -0.141. The minimum Gasteiger partial charge on any atom is -0.493 e. The molecule has 30 heavy (non-hydrogen) atoms. The molecule has 1 heterocycles. The fourth-order valence-corrected chi connectivity index (χ4v) is 4.92. The number of hydrogen-bond acceptors (Lipinski definition) is 4. The summed E-state index contributed by atoms with van der Waals surface area (Å²) in [5, 5.41) is 8.96. The van der Waals surface area contributed by atoms with Crippen LogP contribution in [0.2, 0.25) is 0 Å². The van der Waals surface area contributed by atoms with Crippen molar-refractivity contribution in [2.45, 2.75) is 53.4 Å². The minimum absolute atomic E-state index is 0.0240. The van der Waals surface area contributed by atoms with Gasteiger partial charge in [0.1, 0.15) is 5.75 Å². The van der Waals surface area contributed by atoms with Crippen LogP contribution in [0.1, 0.15) is 48.9 Å². The van der Waals surface area contributed by atoms with Crippen LogP contribution in [0.3, 0.4) is 0 Å². The van der Waals surface area contributed by atoms with Gasteiger partial charge in [0.05, 0.1) is 13.2 Å². The number of carboxylic acids is 1. The van der Waals surface area contributed by atoms with E-state index in [4.69, 9.17) is 9.84 Å². The maximum Gasteiger partial charge on any atom is 0.317 e. The molecule has 0 radical (unpaired) electrons. The quantitative estimate of drug-likeness (QED) is 0.740. The maximum atomic E-state index is 13.2. The lowest BCUT2D eigenvalue weighted by atomic mass is 9.74. The molecule has 2 aliphatic rings. The number of rotatable bonds is 7. The zero-order valence-electron chi connectivity index (χ0n) is 18.9. The highest BCUT2D eigenvalue weighted by atomic mass is 16.5. The molecule has 3 rings (SSSR count). The lowest BCUT2D eigenvalue weighted by Crippen LogP contribution is -2.52. The normalized spacial score (nSPS) is 20.5. The van der Waals surface area contributed by atoms with E-state index in [9.17, 15) is 9.59 Å². The first-order chi connectivity index (χ1) is 14.3. The summed E-state index contributed by atoms with van der Waals surface area (Å²) in [7, 11) is 0. The van der Waals surface area contributed by atoms with E-state index in [1.54, 1.807) is 0 Å². The summed E-state index contributed by atoms with van der Waals surface area (Å²) < 4.78 is 5.99. The van der Waals surface area contributed by atoms with Crippen LogP contribution >= 0.6 is 0 Å². The van der Waals surface area contributed by atoms with Gasteiger partial charge in [-0.15, -0.1) is 0 Å². The molecule has 6 heteroatoms. The van der Waals surface area contributed by atoms with E-state index in [0.717, 1.165) is 38.0 Å². The Morgan fingerprint density at radius 3 is 2.53 bits per heavy atom. The summed E-state index contributed by atoms with van der Waals surface area (Å²) in [6.07, 6.45) is 3.97. The van der Waals surface area contributed by atoms with Gasteiger partial charge in [0.2, 0.25) is 5.91 Å². The summed E-state index contributed by atoms with van der Waals surface area (Å²) >= 11 is 0. The van der Waals surface area contributed by atoms with Crippen molar-refractivity contribution in [3.05, 3.63) is 28.3 Å². The number of nitrogens with zero attached hydrogens (tertiary/aromatic N) is 2. The number of hydrogen-bond donors (Lipinski definition) is 1. The molecule has 6 nitrogen and oxygen atoms in total. The number of ether oxygens (including phenoxy) is 1. The smallest absolute Gasteiger partial charge is 0.317 e. The van der Waals surface area contributed by atoms with Crippen molar-refractivity contribution in [2.24, 2.45) is 11.8 Å². The molecule has 166 valence electrons. The third kappa shape index (κ3) is 4.97. The Morgan fingerprint density at radius 1 is 1.20 bits per heavy atom. The first-order valence-corrected chi connectivity index (χ1v) is 11.3. The Bertz CT molecular complexity index is 784. The molecule has 2 unspecified atom stereocenters. The molecule has 1 aliphatic heterocycles. The molecule has 0 saturated carbocycles. The summed E-state index contributed by atoms with van der Waals surface area (Å²) in [5.74, 6) is 0.705. The third-order valence-electron chi connectivity index (χ3n) is 6.84. The highest BCUT2D eigenvalue weighted by Gasteiger charge is 2.33. The molecule has 0 aromatic heterocycles. The van der Waals surface area contributed by atoms with E-state index in [2.05, 4.69) is 33.8 Å². The van der Waals surface area contributed by atoms with Gasteiger partial charge in [-0.25, -0.2) is 0 Å². The summed E-state index contributed by atoms with van der Waals surface area (Å²) in [4.78, 5) is 27.9. The topological polar surface area (TPSA) is 70.1 Å². The van der Waals surface area contributed by atoms with Gasteiger partial charge in [-0.3, -0.25) is 14.5 Å². The predicted octanol–water partition coefficient (Wildman–Crippen LogP) is 3.06. The molecule has 0 bridgehead atoms. The van der Waals surface area contributed by atoms with Crippen LogP contribution in [0.15, 0.2) is 6.07 Å². The maximum absolute atomic E-state index is 13.2. The molecule has 1 amide bonds. The fourth-order valence-electron chi connectivity index (χ4n) is 4.92. The molecule has 1 aromatic rings. The Balaban J connectivity index is 1.66. The van der Waals surface area contributed by atoms with E-state index in [1.165, 1.54) is 22.3 Å². The first kappa shape index (κ1) is 22.6. The SMILES string of the molecule is CCCOc1cc(C)c2c(c1C)CC(C(C)C(=O)N1CCN(CC(=O)O)CC1)CC2. The first-order valence-electron chi connectivity index (χ1n) is 11.3. The third-order valence-corrected chi connectivity index (χ3v) is 6.84. The average Bonchev–Trinajstić information content (AvgIpc) is 2.74. The second kappa shape index (κ2) is 9.82. The van der Waals surface area contributed by atoms with Crippen LogP contribution in [-0.4, -0.2) is 66.1 Å². The molecular formula is C24H36N2O4. The zero-order valence-corrected chi connectivity index (χ0v) is 18.9. The minimum atomic E-state index is -0.808. The number of amides is 1. The van der Waals surface area contributed by atoms with E-state index in [1.807, 2.05) is 9.80 Å². The van der Waals surface area contributed by atoms with Gasteiger partial charge in [-0.05, 0) is 73.8 Å². The van der Waals surface area contributed by atoms with E-state index >= 15 is 0 Å². The molecular weight excluding hydrogens is 380 g/mol. The summed E-state index contributed by atoms with van der Waals surface area (Å²) in [5.41, 5.74) is 5.35. The van der Waals surface area contributed by atoms with Crippen molar-refractivity contribution in [1.82, 2.24) is 9.80 Å². The van der Waals surface area contributed by atoms with Crippen molar-refractivity contribution >= 4 is 11.9 Å². The highest BCUT2D eigenvalue weighted by Crippen LogP contribution is 2.38. The Hall–Kier alpha value is -2.08. The van der Waals surface area contributed by atoms with Crippen molar-refractivity contribution in [3.63, 3.8) is 0 Å². The van der Waals surface area contributed by atoms with Crippen molar-refractivity contribution < 1.29 is 19.4 Å². The molecule has 2 atom stereocenters. The number of fused-ring (bicyclic) bond motifs is 1. The van der Waals surface area contributed by atoms with E-state index < -0.39 is 5.97 Å². The summed E-state index contributed by atoms with van der Waals surface area (Å²) in [6.45, 7) is 11.8. The van der Waals surface area contributed by atoms with E-state index in [-0.39, 0.29) is 18.4 Å². The van der Waals surface area contributed by atoms with E-state index in [0.29, 0.717) is 32.1 Å². The molecule has 0 spiro atoms. The predicted molar refractivity (Wildman–Crippen MR) is 117 cm³/mol. The molecule has 1 aliphatic carbocycles. The Kier molecular flexibility index (Phi) is 7.40. The second-order valence-electron chi connectivity index (χ2n) is 8.91. The van der Waals surface area contributed by atoms with Gasteiger partial charge in [0.25, 0.3) is 0 Å². The number of aliphatic carboxylic acids is 1. The number of aryl methyl sites for hydroxylation is 1. The van der Waals surface area contributed by atoms with Gasteiger partial charge in [0, 0.05) is 32.1 Å². The number of carboxylic acid groups (broad SMARTS) is 1. The summed E-state index contributed by atoms with van der Waals surface area (Å²) in [6, 6.07) is 2.18. The van der Waals surface area contributed by atoms with Crippen molar-refractivity contribution in [3.8, 4) is 5.75 Å². The van der Waals surface area contributed by atoms with Crippen LogP contribution in [0.25, 0.3) is 0 Å². The van der Waals surface area contributed by atoms with Crippen molar-refractivity contribution in [2.75, 3.05) is 39.3 Å². The second-order valence-corrected chi connectivity index (χ2v) is 8.91.